The number of fused-ring (bicyclic) bond motifs is 5. The van der Waals surface area contributed by atoms with Gasteiger partial charge < -0.3 is 5.32 Å². The molecule has 2 bridgehead atoms. The Balaban J connectivity index is 1.14. The molecule has 4 aliphatic rings. The molecule has 2 saturated heterocycles. The Kier molecular flexibility index (Phi) is 4.31. The smallest absolute Gasteiger partial charge is 0.240 e. The standard InChI is InChI=1S/C22H25N3O3/c26-18(23-17-8-9-24(12-17)11-14-4-2-1-3-5-14)13-25-21(27)19-15-6-7-16(10-15)20(19)22(25)28/h1-7,15-17,19-20H,8-13H2,(H,23,26). The highest BCUT2D eigenvalue weighted by molar-refractivity contribution is 6.08. The van der Waals surface area contributed by atoms with Gasteiger partial charge in [0, 0.05) is 25.7 Å². The number of hydrogen-bond donors (Lipinski definition) is 1. The summed E-state index contributed by atoms with van der Waals surface area (Å²) < 4.78 is 0. The molecule has 5 unspecified atom stereocenters. The molecule has 6 nitrogen and oxygen atoms in total. The normalized spacial score (nSPS) is 33.7. The van der Waals surface area contributed by atoms with E-state index >= 15 is 0 Å². The number of amides is 3. The summed E-state index contributed by atoms with van der Waals surface area (Å²) in [5, 5.41) is 3.02. The van der Waals surface area contributed by atoms with Gasteiger partial charge in [0.05, 0.1) is 11.8 Å². The monoisotopic (exact) mass is 379 g/mol. The van der Waals surface area contributed by atoms with Crippen molar-refractivity contribution in [1.29, 1.82) is 0 Å². The molecule has 0 radical (unpaired) electrons. The highest BCUT2D eigenvalue weighted by atomic mass is 16.2. The summed E-state index contributed by atoms with van der Waals surface area (Å²) in [6, 6.07) is 10.4. The van der Waals surface area contributed by atoms with Crippen molar-refractivity contribution >= 4 is 17.7 Å². The predicted molar refractivity (Wildman–Crippen MR) is 103 cm³/mol. The van der Waals surface area contributed by atoms with Crippen LogP contribution in [0.15, 0.2) is 42.5 Å². The fourth-order valence-electron chi connectivity index (χ4n) is 5.47. The van der Waals surface area contributed by atoms with Crippen LogP contribution in [0.1, 0.15) is 18.4 Å². The molecule has 0 aromatic heterocycles. The van der Waals surface area contributed by atoms with Crippen LogP contribution < -0.4 is 5.32 Å². The zero-order chi connectivity index (χ0) is 19.3. The van der Waals surface area contributed by atoms with Crippen LogP contribution in [0, 0.1) is 23.7 Å². The third kappa shape index (κ3) is 2.96. The van der Waals surface area contributed by atoms with Crippen molar-refractivity contribution in [3.05, 3.63) is 48.0 Å². The van der Waals surface area contributed by atoms with Gasteiger partial charge in [0.1, 0.15) is 6.54 Å². The Morgan fingerprint density at radius 3 is 2.39 bits per heavy atom. The van der Waals surface area contributed by atoms with E-state index in [9.17, 15) is 14.4 Å². The maximum Gasteiger partial charge on any atom is 0.240 e. The molecule has 1 saturated carbocycles. The second-order valence-corrected chi connectivity index (χ2v) is 8.54. The van der Waals surface area contributed by atoms with E-state index in [2.05, 4.69) is 34.5 Å². The molecule has 1 aromatic carbocycles. The largest absolute Gasteiger partial charge is 0.350 e. The van der Waals surface area contributed by atoms with Gasteiger partial charge in [0.25, 0.3) is 0 Å². The van der Waals surface area contributed by atoms with Crippen LogP contribution in [-0.2, 0) is 20.9 Å². The van der Waals surface area contributed by atoms with Gasteiger partial charge in [0.15, 0.2) is 0 Å². The number of carbonyl (C=O) groups is 3. The van der Waals surface area contributed by atoms with Crippen LogP contribution >= 0.6 is 0 Å². The number of benzene rings is 1. The minimum atomic E-state index is -0.233. The SMILES string of the molecule is O=C(CN1C(=O)C2C3C=CC(C3)C2C1=O)NC1CCN(Cc2ccccc2)C1. The maximum atomic E-state index is 12.7. The van der Waals surface area contributed by atoms with Crippen LogP contribution in [0.5, 0.6) is 0 Å². The van der Waals surface area contributed by atoms with Gasteiger partial charge in [-0.05, 0) is 30.2 Å². The van der Waals surface area contributed by atoms with Gasteiger partial charge in [-0.15, -0.1) is 0 Å². The number of carbonyl (C=O) groups excluding carboxylic acids is 3. The number of rotatable bonds is 5. The molecule has 5 rings (SSSR count). The highest BCUT2D eigenvalue weighted by Gasteiger charge is 2.59. The highest BCUT2D eigenvalue weighted by Crippen LogP contribution is 2.52. The molecule has 1 N–H and O–H groups in total. The number of allylic oxidation sites excluding steroid dienone is 2. The fourth-order valence-corrected chi connectivity index (χ4v) is 5.47. The second-order valence-electron chi connectivity index (χ2n) is 8.54. The summed E-state index contributed by atoms with van der Waals surface area (Å²) >= 11 is 0. The fraction of sp³-hybridized carbons (Fsp3) is 0.500. The van der Waals surface area contributed by atoms with E-state index in [0.29, 0.717) is 0 Å². The lowest BCUT2D eigenvalue weighted by Gasteiger charge is -2.19. The molecule has 2 aliphatic heterocycles. The van der Waals surface area contributed by atoms with E-state index in [1.54, 1.807) is 0 Å². The van der Waals surface area contributed by atoms with E-state index in [1.165, 1.54) is 10.5 Å². The van der Waals surface area contributed by atoms with Crippen LogP contribution in [0.2, 0.25) is 0 Å². The molecule has 3 amide bonds. The Morgan fingerprint density at radius 1 is 1.04 bits per heavy atom. The van der Waals surface area contributed by atoms with Crippen molar-refractivity contribution in [2.45, 2.75) is 25.4 Å². The maximum absolute atomic E-state index is 12.7. The summed E-state index contributed by atoms with van der Waals surface area (Å²) in [4.78, 5) is 41.4. The van der Waals surface area contributed by atoms with Gasteiger partial charge >= 0.3 is 0 Å². The third-order valence-electron chi connectivity index (χ3n) is 6.75. The molecular formula is C22H25N3O3. The Labute approximate surface area is 164 Å². The van der Waals surface area contributed by atoms with E-state index in [4.69, 9.17) is 0 Å². The number of imide groups is 1. The molecule has 2 aliphatic carbocycles. The summed E-state index contributed by atoms with van der Waals surface area (Å²) in [6.07, 6.45) is 5.94. The molecule has 3 fully saturated rings. The first-order chi connectivity index (χ1) is 13.6. The lowest BCUT2D eigenvalue weighted by atomic mass is 9.85. The lowest BCUT2D eigenvalue weighted by Crippen LogP contribution is -2.45. The van der Waals surface area contributed by atoms with Gasteiger partial charge in [-0.25, -0.2) is 0 Å². The molecular weight excluding hydrogens is 354 g/mol. The van der Waals surface area contributed by atoms with Crippen molar-refractivity contribution in [2.24, 2.45) is 23.7 Å². The van der Waals surface area contributed by atoms with Crippen LogP contribution in [0.4, 0.5) is 0 Å². The molecule has 28 heavy (non-hydrogen) atoms. The van der Waals surface area contributed by atoms with Crippen LogP contribution in [0.25, 0.3) is 0 Å². The Bertz CT molecular complexity index is 807. The van der Waals surface area contributed by atoms with E-state index in [0.717, 1.165) is 32.5 Å². The lowest BCUT2D eigenvalue weighted by molar-refractivity contribution is -0.144. The molecule has 5 atom stereocenters. The van der Waals surface area contributed by atoms with E-state index in [-0.39, 0.29) is 54.0 Å². The van der Waals surface area contributed by atoms with Crippen LogP contribution in [0.3, 0.4) is 0 Å². The average molecular weight is 379 g/mol. The minimum absolute atomic E-state index is 0.0707. The van der Waals surface area contributed by atoms with E-state index in [1.807, 2.05) is 18.2 Å². The molecule has 1 aromatic rings. The number of hydrogen-bond acceptors (Lipinski definition) is 4. The number of nitrogens with one attached hydrogen (secondary N) is 1. The third-order valence-corrected chi connectivity index (χ3v) is 6.75. The zero-order valence-corrected chi connectivity index (χ0v) is 15.8. The summed E-state index contributed by atoms with van der Waals surface area (Å²) in [5.74, 6) is -0.639. The topological polar surface area (TPSA) is 69.7 Å². The average Bonchev–Trinajstić information content (AvgIpc) is 3.45. The van der Waals surface area contributed by atoms with E-state index < -0.39 is 0 Å². The minimum Gasteiger partial charge on any atom is -0.350 e. The first-order valence-electron chi connectivity index (χ1n) is 10.2. The van der Waals surface area contributed by atoms with Gasteiger partial charge in [0.2, 0.25) is 17.7 Å². The van der Waals surface area contributed by atoms with Gasteiger partial charge in [-0.2, -0.15) is 0 Å². The van der Waals surface area contributed by atoms with Crippen molar-refractivity contribution < 1.29 is 14.4 Å². The first kappa shape index (κ1) is 17.6. The van der Waals surface area contributed by atoms with Crippen molar-refractivity contribution in [3.8, 4) is 0 Å². The van der Waals surface area contributed by atoms with Crippen molar-refractivity contribution in [1.82, 2.24) is 15.1 Å². The quantitative estimate of drug-likeness (QED) is 0.616. The Hall–Kier alpha value is -2.47. The molecule has 0 spiro atoms. The molecule has 146 valence electrons. The summed E-state index contributed by atoms with van der Waals surface area (Å²) in [6.45, 7) is 2.46. The zero-order valence-electron chi connectivity index (χ0n) is 15.8. The predicted octanol–water partition coefficient (Wildman–Crippen LogP) is 1.18. The summed E-state index contributed by atoms with van der Waals surface area (Å²) in [7, 11) is 0. The first-order valence-corrected chi connectivity index (χ1v) is 10.2. The second kappa shape index (κ2) is 6.85. The van der Waals surface area contributed by atoms with Gasteiger partial charge in [-0.1, -0.05) is 42.5 Å². The Morgan fingerprint density at radius 2 is 1.71 bits per heavy atom. The van der Waals surface area contributed by atoms with Gasteiger partial charge in [-0.3, -0.25) is 24.2 Å². The van der Waals surface area contributed by atoms with Crippen molar-refractivity contribution in [3.63, 3.8) is 0 Å². The molecule has 6 heteroatoms. The number of nitrogens with zero attached hydrogens (tertiary/aromatic N) is 2. The molecule has 2 heterocycles. The number of likely N-dealkylation sites (tertiary alicyclic amines) is 2. The summed E-state index contributed by atoms with van der Waals surface area (Å²) in [5.41, 5.74) is 1.26. The van der Waals surface area contributed by atoms with Crippen molar-refractivity contribution in [2.75, 3.05) is 19.6 Å². The van der Waals surface area contributed by atoms with Crippen LogP contribution in [-0.4, -0.2) is 53.2 Å².